The smallest absolute Gasteiger partial charge is 0.456 e. The number of rotatable bonds is 13. The maximum Gasteiger partial charge on any atom is 0.456 e. The van der Waals surface area contributed by atoms with Gasteiger partial charge < -0.3 is 18.8 Å². The molecule has 0 unspecified atom stereocenters. The normalized spacial score (nSPS) is 13.1. The van der Waals surface area contributed by atoms with Crippen LogP contribution in [0, 0.1) is 0 Å². The van der Waals surface area contributed by atoms with Gasteiger partial charge in [-0.25, -0.2) is 22.8 Å². The number of ether oxygens (including phenoxy) is 3. The molecule has 0 atom stereocenters. The van der Waals surface area contributed by atoms with E-state index >= 15 is 0 Å². The van der Waals surface area contributed by atoms with E-state index < -0.39 is 117 Å². The number of alkyl halides is 15. The van der Waals surface area contributed by atoms with E-state index in [0.717, 1.165) is 84.9 Å². The maximum atomic E-state index is 13.3. The zero-order valence-corrected chi connectivity index (χ0v) is 30.3. The van der Waals surface area contributed by atoms with Crippen LogP contribution in [0.1, 0.15) is 31.1 Å². The molecule has 0 aromatic heterocycles. The average Bonchev–Trinajstić information content (AvgIpc) is 3.16. The molecule has 0 spiro atoms. The van der Waals surface area contributed by atoms with Gasteiger partial charge in [-0.05, 0) is 70.8 Å². The number of carbonyl (C=O) groups excluding carboxylic acids is 3. The summed E-state index contributed by atoms with van der Waals surface area (Å²) in [6.45, 7) is -7.23. The molecule has 0 radical (unpaired) electrons. The van der Waals surface area contributed by atoms with Crippen LogP contribution in [-0.4, -0.2) is 87.0 Å². The number of carbonyl (C=O) groups is 3. The Bertz CT molecular complexity index is 2270. The fraction of sp³-hybridized carbons (Fsp3) is 0.250. The molecule has 0 N–H and O–H groups in total. The molecule has 4 aromatic rings. The van der Waals surface area contributed by atoms with Crippen LogP contribution in [0.3, 0.4) is 0 Å². The molecule has 0 aliphatic carbocycles. The summed E-state index contributed by atoms with van der Waals surface area (Å²) < 4.78 is 243. The molecular formula is C36H20F15O9S-. The van der Waals surface area contributed by atoms with Crippen molar-refractivity contribution >= 4 is 28.0 Å². The van der Waals surface area contributed by atoms with E-state index in [-0.39, 0.29) is 22.3 Å². The molecule has 9 nitrogen and oxygen atoms in total. The number of halogens is 15. The SMILES string of the molecule is O=C(OCC(F)(F)C(F)(F)F)c1ccc(-c2cc(-c3ccc(C(=O)OCC(F)(F)C(F)(F)F)cc3)c(S(=O)(=O)[O-])c(-c3ccc(C(=O)OCC(F)(F)C(F)(F)F)cc3)c2)cc1. The van der Waals surface area contributed by atoms with Crippen molar-refractivity contribution in [3.8, 4) is 33.4 Å². The standard InChI is InChI=1S/C36H21F15O9S/c37-31(38,34(43,44)45)15-58-28(52)21-7-1-18(2-8-21)24-13-25(19-3-9-22(10-4-19)29(53)59-16-32(39,40)35(46,47)48)27(61(55,56)57)26(14-24)20-5-11-23(12-6-20)30(54)60-17-33(41,42)36(49,50)51/h1-14H,15-17H2,(H,55,56,57)/p-1. The van der Waals surface area contributed by atoms with Crippen molar-refractivity contribution in [1.82, 2.24) is 0 Å². The molecule has 330 valence electrons. The predicted molar refractivity (Wildman–Crippen MR) is 175 cm³/mol. The Hall–Kier alpha value is -5.85. The highest BCUT2D eigenvalue weighted by Gasteiger charge is 2.60. The molecule has 0 heterocycles. The quantitative estimate of drug-likeness (QED) is 0.0556. The highest BCUT2D eigenvalue weighted by atomic mass is 32.2. The van der Waals surface area contributed by atoms with E-state index in [9.17, 15) is 93.2 Å². The first kappa shape index (κ1) is 47.8. The fourth-order valence-electron chi connectivity index (χ4n) is 4.83. The number of hydrogen-bond donors (Lipinski definition) is 0. The van der Waals surface area contributed by atoms with Crippen molar-refractivity contribution < 1.29 is 107 Å². The van der Waals surface area contributed by atoms with E-state index in [4.69, 9.17) is 0 Å². The van der Waals surface area contributed by atoms with Crippen LogP contribution in [0.25, 0.3) is 33.4 Å². The second-order valence-electron chi connectivity index (χ2n) is 12.4. The largest absolute Gasteiger partial charge is 0.744 e. The van der Waals surface area contributed by atoms with Crippen molar-refractivity contribution in [2.24, 2.45) is 0 Å². The molecule has 61 heavy (non-hydrogen) atoms. The summed E-state index contributed by atoms with van der Waals surface area (Å²) in [5.74, 6) is -21.4. The monoisotopic (exact) mass is 913 g/mol. The maximum absolute atomic E-state index is 13.3. The third kappa shape index (κ3) is 11.1. The molecule has 4 aromatic carbocycles. The van der Waals surface area contributed by atoms with Gasteiger partial charge in [0.05, 0.1) is 21.6 Å². The van der Waals surface area contributed by atoms with E-state index in [1.54, 1.807) is 0 Å². The van der Waals surface area contributed by atoms with Gasteiger partial charge in [-0.3, -0.25) is 0 Å². The van der Waals surface area contributed by atoms with Crippen LogP contribution in [0.4, 0.5) is 65.9 Å². The molecule has 4 rings (SSSR count). The van der Waals surface area contributed by atoms with Crippen LogP contribution in [0.15, 0.2) is 89.8 Å². The topological polar surface area (TPSA) is 136 Å². The average molecular weight is 914 g/mol. The molecular weight excluding hydrogens is 893 g/mol. The van der Waals surface area contributed by atoms with Gasteiger partial charge in [0.1, 0.15) is 10.1 Å². The van der Waals surface area contributed by atoms with Gasteiger partial charge in [0.15, 0.2) is 19.8 Å². The predicted octanol–water partition coefficient (Wildman–Crippen LogP) is 9.65. The molecule has 0 bridgehead atoms. The molecule has 0 saturated heterocycles. The summed E-state index contributed by atoms with van der Waals surface area (Å²) in [7, 11) is -5.65. The molecule has 0 fully saturated rings. The Morgan fingerprint density at radius 3 is 0.902 bits per heavy atom. The lowest BCUT2D eigenvalue weighted by Gasteiger charge is -2.21. The molecule has 0 aliphatic rings. The van der Waals surface area contributed by atoms with E-state index in [1.807, 2.05) is 0 Å². The van der Waals surface area contributed by atoms with E-state index in [0.29, 0.717) is 0 Å². The Kier molecular flexibility index (Phi) is 13.2. The summed E-state index contributed by atoms with van der Waals surface area (Å²) >= 11 is 0. The second-order valence-corrected chi connectivity index (χ2v) is 13.7. The van der Waals surface area contributed by atoms with Gasteiger partial charge >= 0.3 is 54.2 Å². The number of hydrogen-bond acceptors (Lipinski definition) is 9. The van der Waals surface area contributed by atoms with Crippen molar-refractivity contribution in [3.05, 3.63) is 102 Å². The zero-order valence-electron chi connectivity index (χ0n) is 29.5. The molecule has 0 aliphatic heterocycles. The summed E-state index contributed by atoms with van der Waals surface area (Å²) in [4.78, 5) is 35.7. The Morgan fingerprint density at radius 2 is 0.672 bits per heavy atom. The van der Waals surface area contributed by atoms with Crippen LogP contribution >= 0.6 is 0 Å². The minimum absolute atomic E-state index is 0.0221. The van der Waals surface area contributed by atoms with Crippen LogP contribution in [0.2, 0.25) is 0 Å². The van der Waals surface area contributed by atoms with Crippen LogP contribution in [0.5, 0.6) is 0 Å². The molecule has 0 amide bonds. The molecule has 0 saturated carbocycles. The Morgan fingerprint density at radius 1 is 0.426 bits per heavy atom. The summed E-state index contributed by atoms with van der Waals surface area (Å²) in [5.41, 5.74) is -3.66. The highest BCUT2D eigenvalue weighted by Crippen LogP contribution is 2.42. The Balaban J connectivity index is 1.80. The highest BCUT2D eigenvalue weighted by molar-refractivity contribution is 7.86. The van der Waals surface area contributed by atoms with Gasteiger partial charge in [0, 0.05) is 11.1 Å². The third-order valence-corrected chi connectivity index (χ3v) is 8.99. The number of benzene rings is 4. The van der Waals surface area contributed by atoms with Gasteiger partial charge in [-0.1, -0.05) is 36.4 Å². The summed E-state index contributed by atoms with van der Waals surface area (Å²) in [6.07, 6.45) is -18.2. The second kappa shape index (κ2) is 16.9. The van der Waals surface area contributed by atoms with E-state index in [1.165, 1.54) is 0 Å². The first-order chi connectivity index (χ1) is 27.8. The minimum atomic E-state index is -6.09. The van der Waals surface area contributed by atoms with Crippen LogP contribution < -0.4 is 0 Å². The molecule has 25 heteroatoms. The van der Waals surface area contributed by atoms with Crippen molar-refractivity contribution in [2.75, 3.05) is 19.8 Å². The summed E-state index contributed by atoms with van der Waals surface area (Å²) in [6, 6.07) is 12.4. The first-order valence-electron chi connectivity index (χ1n) is 16.1. The van der Waals surface area contributed by atoms with Gasteiger partial charge in [0.25, 0.3) is 0 Å². The first-order valence-corrected chi connectivity index (χ1v) is 17.5. The number of esters is 3. The van der Waals surface area contributed by atoms with Gasteiger partial charge in [-0.2, -0.15) is 65.9 Å². The van der Waals surface area contributed by atoms with Crippen molar-refractivity contribution in [1.29, 1.82) is 0 Å². The van der Waals surface area contributed by atoms with Crippen molar-refractivity contribution in [3.63, 3.8) is 0 Å². The lowest BCUT2D eigenvalue weighted by atomic mass is 9.92. The fourth-order valence-corrected chi connectivity index (χ4v) is 5.72. The van der Waals surface area contributed by atoms with Gasteiger partial charge in [-0.15, -0.1) is 0 Å². The zero-order chi connectivity index (χ0) is 46.1. The van der Waals surface area contributed by atoms with Gasteiger partial charge in [0.2, 0.25) is 0 Å². The lowest BCUT2D eigenvalue weighted by molar-refractivity contribution is -0.292. The minimum Gasteiger partial charge on any atom is -0.744 e. The Labute approximate surface area is 331 Å². The lowest BCUT2D eigenvalue weighted by Crippen LogP contribution is -2.41. The third-order valence-electron chi connectivity index (χ3n) is 8.05. The van der Waals surface area contributed by atoms with E-state index in [2.05, 4.69) is 14.2 Å². The van der Waals surface area contributed by atoms with Crippen molar-refractivity contribution in [2.45, 2.75) is 41.2 Å². The summed E-state index contributed by atoms with van der Waals surface area (Å²) in [5, 5.41) is 0. The van der Waals surface area contributed by atoms with Crippen LogP contribution in [-0.2, 0) is 24.3 Å².